The molecular formula is C22H18BrN3O2. The van der Waals surface area contributed by atoms with Crippen molar-refractivity contribution >= 4 is 33.6 Å². The molecule has 0 radical (unpaired) electrons. The van der Waals surface area contributed by atoms with Crippen LogP contribution in [0.2, 0.25) is 0 Å². The van der Waals surface area contributed by atoms with E-state index in [1.165, 1.54) is 5.01 Å². The first-order valence-corrected chi connectivity index (χ1v) is 9.69. The zero-order valence-electron chi connectivity index (χ0n) is 14.9. The molecule has 0 aromatic heterocycles. The van der Waals surface area contributed by atoms with Crippen LogP contribution < -0.4 is 10.7 Å². The number of anilines is 1. The van der Waals surface area contributed by atoms with Gasteiger partial charge in [-0.3, -0.25) is 10.2 Å². The minimum absolute atomic E-state index is 0.203. The average molecular weight is 436 g/mol. The van der Waals surface area contributed by atoms with Gasteiger partial charge in [-0.2, -0.15) is 0 Å². The number of benzene rings is 3. The third kappa shape index (κ3) is 3.64. The van der Waals surface area contributed by atoms with Gasteiger partial charge >= 0.3 is 6.03 Å². The Morgan fingerprint density at radius 3 is 2.04 bits per heavy atom. The van der Waals surface area contributed by atoms with Gasteiger partial charge in [-0.25, -0.2) is 9.80 Å². The second-order valence-electron chi connectivity index (χ2n) is 6.53. The van der Waals surface area contributed by atoms with Crippen LogP contribution in [0.25, 0.3) is 0 Å². The summed E-state index contributed by atoms with van der Waals surface area (Å²) in [5, 5.41) is 4.24. The van der Waals surface area contributed by atoms with Crippen LogP contribution in [0, 0.1) is 0 Å². The first-order valence-electron chi connectivity index (χ1n) is 8.89. The molecule has 0 unspecified atom stereocenters. The fourth-order valence-electron chi connectivity index (χ4n) is 3.43. The van der Waals surface area contributed by atoms with E-state index >= 15 is 0 Å². The Morgan fingerprint density at radius 1 is 0.857 bits per heavy atom. The first kappa shape index (κ1) is 18.3. The molecule has 2 atom stereocenters. The molecule has 1 saturated heterocycles. The summed E-state index contributed by atoms with van der Waals surface area (Å²) in [7, 11) is 0. The zero-order valence-corrected chi connectivity index (χ0v) is 16.5. The van der Waals surface area contributed by atoms with Gasteiger partial charge < -0.3 is 5.32 Å². The lowest BCUT2D eigenvalue weighted by Gasteiger charge is -2.26. The number of nitrogens with zero attached hydrogens (tertiary/aromatic N) is 1. The normalized spacial score (nSPS) is 18.6. The molecule has 3 aromatic carbocycles. The van der Waals surface area contributed by atoms with Crippen molar-refractivity contribution < 1.29 is 9.59 Å². The number of hydrazine groups is 1. The van der Waals surface area contributed by atoms with Crippen LogP contribution in [-0.4, -0.2) is 16.9 Å². The maximum Gasteiger partial charge on any atom is 0.341 e. The van der Waals surface area contributed by atoms with Gasteiger partial charge in [-0.05, 0) is 35.4 Å². The molecule has 0 spiro atoms. The van der Waals surface area contributed by atoms with Crippen LogP contribution in [0.4, 0.5) is 10.5 Å². The van der Waals surface area contributed by atoms with Gasteiger partial charge in [0, 0.05) is 10.2 Å². The molecule has 0 bridgehead atoms. The summed E-state index contributed by atoms with van der Waals surface area (Å²) in [5.74, 6) is -0.690. The van der Waals surface area contributed by atoms with Gasteiger partial charge in [0.15, 0.2) is 0 Å². The smallest absolute Gasteiger partial charge is 0.306 e. The Labute approximate surface area is 171 Å². The van der Waals surface area contributed by atoms with Crippen molar-refractivity contribution in [2.75, 3.05) is 5.32 Å². The topological polar surface area (TPSA) is 61.4 Å². The summed E-state index contributed by atoms with van der Waals surface area (Å²) in [6.45, 7) is 0. The standard InChI is InChI=1S/C22H18BrN3O2/c23-17-11-13-18(14-12-17)24-22(28)26-20(16-9-5-2-6-10-16)19(21(27)25-26)15-7-3-1-4-8-15/h1-14,19-20H,(H,24,28)(H,25,27)/t19-,20+/m0/s1. The van der Waals surface area contributed by atoms with Gasteiger partial charge in [-0.15, -0.1) is 0 Å². The highest BCUT2D eigenvalue weighted by atomic mass is 79.9. The molecule has 5 nitrogen and oxygen atoms in total. The Bertz CT molecular complexity index is 978. The fourth-order valence-corrected chi connectivity index (χ4v) is 3.69. The quantitative estimate of drug-likeness (QED) is 0.617. The van der Waals surface area contributed by atoms with Gasteiger partial charge in [0.25, 0.3) is 0 Å². The molecule has 1 aliphatic heterocycles. The van der Waals surface area contributed by atoms with Crippen molar-refractivity contribution in [1.29, 1.82) is 0 Å². The van der Waals surface area contributed by atoms with E-state index in [1.807, 2.05) is 72.8 Å². The van der Waals surface area contributed by atoms with Gasteiger partial charge in [-0.1, -0.05) is 76.6 Å². The van der Waals surface area contributed by atoms with E-state index in [9.17, 15) is 9.59 Å². The minimum Gasteiger partial charge on any atom is -0.306 e. The third-order valence-electron chi connectivity index (χ3n) is 4.72. The maximum absolute atomic E-state index is 13.0. The number of hydrogen-bond donors (Lipinski definition) is 2. The van der Waals surface area contributed by atoms with Crippen LogP contribution in [0.1, 0.15) is 23.1 Å². The lowest BCUT2D eigenvalue weighted by Crippen LogP contribution is -2.42. The Morgan fingerprint density at radius 2 is 1.43 bits per heavy atom. The zero-order chi connectivity index (χ0) is 19.5. The van der Waals surface area contributed by atoms with Crippen LogP contribution >= 0.6 is 15.9 Å². The van der Waals surface area contributed by atoms with Crippen LogP contribution in [0.5, 0.6) is 0 Å². The molecule has 140 valence electrons. The molecule has 1 fully saturated rings. The second kappa shape index (κ2) is 7.86. The molecule has 6 heteroatoms. The van der Waals surface area contributed by atoms with E-state index in [1.54, 1.807) is 12.1 Å². The largest absolute Gasteiger partial charge is 0.341 e. The lowest BCUT2D eigenvalue weighted by atomic mass is 9.87. The van der Waals surface area contributed by atoms with Crippen molar-refractivity contribution in [3.05, 3.63) is 101 Å². The summed E-state index contributed by atoms with van der Waals surface area (Å²) < 4.78 is 0.922. The summed E-state index contributed by atoms with van der Waals surface area (Å²) in [6, 6.07) is 25.6. The Kier molecular flexibility index (Phi) is 5.12. The van der Waals surface area contributed by atoms with E-state index in [0.29, 0.717) is 5.69 Å². The highest BCUT2D eigenvalue weighted by molar-refractivity contribution is 9.10. The van der Waals surface area contributed by atoms with Gasteiger partial charge in [0.05, 0.1) is 12.0 Å². The van der Waals surface area contributed by atoms with Gasteiger partial charge in [0.1, 0.15) is 0 Å². The monoisotopic (exact) mass is 435 g/mol. The van der Waals surface area contributed by atoms with E-state index in [0.717, 1.165) is 15.6 Å². The van der Waals surface area contributed by atoms with Crippen LogP contribution in [0.3, 0.4) is 0 Å². The Hall–Kier alpha value is -3.12. The maximum atomic E-state index is 13.0. The van der Waals surface area contributed by atoms with Crippen LogP contribution in [0.15, 0.2) is 89.4 Å². The molecule has 4 rings (SSSR count). The van der Waals surface area contributed by atoms with Crippen molar-refractivity contribution in [2.45, 2.75) is 12.0 Å². The molecule has 3 amide bonds. The van der Waals surface area contributed by atoms with Crippen molar-refractivity contribution in [3.63, 3.8) is 0 Å². The van der Waals surface area contributed by atoms with Crippen molar-refractivity contribution in [3.8, 4) is 0 Å². The molecular weight excluding hydrogens is 418 g/mol. The molecule has 0 saturated carbocycles. The van der Waals surface area contributed by atoms with Gasteiger partial charge in [0.2, 0.25) is 5.91 Å². The first-order chi connectivity index (χ1) is 13.6. The number of nitrogens with one attached hydrogen (secondary N) is 2. The van der Waals surface area contributed by atoms with E-state index in [2.05, 4.69) is 26.7 Å². The number of halogens is 1. The van der Waals surface area contributed by atoms with Crippen molar-refractivity contribution in [1.82, 2.24) is 10.4 Å². The predicted octanol–water partition coefficient (Wildman–Crippen LogP) is 4.85. The molecule has 3 aromatic rings. The fraction of sp³-hybridized carbons (Fsp3) is 0.0909. The number of urea groups is 1. The summed E-state index contributed by atoms with van der Waals surface area (Å²) in [5.41, 5.74) is 5.16. The number of carbonyl (C=O) groups is 2. The molecule has 1 heterocycles. The number of hydrogen-bond acceptors (Lipinski definition) is 2. The predicted molar refractivity (Wildman–Crippen MR) is 112 cm³/mol. The highest BCUT2D eigenvalue weighted by Gasteiger charge is 2.45. The molecule has 28 heavy (non-hydrogen) atoms. The summed E-state index contributed by atoms with van der Waals surface area (Å²) in [6.07, 6.45) is 0. The summed E-state index contributed by atoms with van der Waals surface area (Å²) in [4.78, 5) is 25.8. The molecule has 1 aliphatic rings. The van der Waals surface area contributed by atoms with E-state index < -0.39 is 12.0 Å². The summed E-state index contributed by atoms with van der Waals surface area (Å²) >= 11 is 3.38. The third-order valence-corrected chi connectivity index (χ3v) is 5.25. The number of amides is 3. The van der Waals surface area contributed by atoms with Crippen LogP contribution in [-0.2, 0) is 4.79 Å². The van der Waals surface area contributed by atoms with E-state index in [-0.39, 0.29) is 11.9 Å². The second-order valence-corrected chi connectivity index (χ2v) is 7.44. The Balaban J connectivity index is 1.68. The average Bonchev–Trinajstić information content (AvgIpc) is 3.08. The highest BCUT2D eigenvalue weighted by Crippen LogP contribution is 2.39. The SMILES string of the molecule is O=C1NN(C(=O)Nc2ccc(Br)cc2)[C@H](c2ccccc2)[C@@H]1c1ccccc1. The van der Waals surface area contributed by atoms with E-state index in [4.69, 9.17) is 0 Å². The number of rotatable bonds is 3. The van der Waals surface area contributed by atoms with Crippen molar-refractivity contribution in [2.24, 2.45) is 0 Å². The molecule has 2 N–H and O–H groups in total. The molecule has 0 aliphatic carbocycles. The minimum atomic E-state index is -0.487. The lowest BCUT2D eigenvalue weighted by molar-refractivity contribution is -0.121. The number of carbonyl (C=O) groups excluding carboxylic acids is 2.